The van der Waals surface area contributed by atoms with Crippen molar-refractivity contribution in [3.63, 3.8) is 0 Å². The summed E-state index contributed by atoms with van der Waals surface area (Å²) in [5.41, 5.74) is 2.77. The Morgan fingerprint density at radius 1 is 1.77 bits per heavy atom. The molecule has 0 spiro atoms. The highest BCUT2D eigenvalue weighted by Crippen LogP contribution is 2.13. The van der Waals surface area contributed by atoms with Gasteiger partial charge in [-0.2, -0.15) is 0 Å². The SMILES string of the molecule is C/C(=C\Cl)CN1CCC(=O)C(C)C1. The number of hydrogen-bond acceptors (Lipinski definition) is 2. The van der Waals surface area contributed by atoms with E-state index in [1.165, 1.54) is 0 Å². The van der Waals surface area contributed by atoms with Gasteiger partial charge in [-0.1, -0.05) is 18.5 Å². The van der Waals surface area contributed by atoms with Gasteiger partial charge in [0.05, 0.1) is 0 Å². The lowest BCUT2D eigenvalue weighted by Crippen LogP contribution is -2.40. The lowest BCUT2D eigenvalue weighted by molar-refractivity contribution is -0.125. The van der Waals surface area contributed by atoms with Crippen molar-refractivity contribution >= 4 is 17.4 Å². The number of halogens is 1. The average molecular weight is 202 g/mol. The Labute approximate surface area is 84.6 Å². The zero-order valence-electron chi connectivity index (χ0n) is 8.22. The van der Waals surface area contributed by atoms with Gasteiger partial charge in [-0.15, -0.1) is 0 Å². The first-order valence-corrected chi connectivity index (χ1v) is 5.08. The van der Waals surface area contributed by atoms with Gasteiger partial charge in [-0.3, -0.25) is 9.69 Å². The predicted molar refractivity (Wildman–Crippen MR) is 54.8 cm³/mol. The van der Waals surface area contributed by atoms with E-state index in [0.29, 0.717) is 12.2 Å². The molecule has 0 aromatic rings. The normalized spacial score (nSPS) is 26.5. The zero-order chi connectivity index (χ0) is 9.84. The van der Waals surface area contributed by atoms with E-state index in [-0.39, 0.29) is 5.92 Å². The Balaban J connectivity index is 2.42. The largest absolute Gasteiger partial charge is 0.299 e. The standard InChI is InChI=1S/C10H16ClNO/c1-8(5-11)6-12-4-3-10(13)9(2)7-12/h5,9H,3-4,6-7H2,1-2H3/b8-5+. The van der Waals surface area contributed by atoms with Crippen LogP contribution in [0.5, 0.6) is 0 Å². The Hall–Kier alpha value is -0.340. The van der Waals surface area contributed by atoms with Crippen LogP contribution in [0.3, 0.4) is 0 Å². The maximum atomic E-state index is 11.2. The van der Waals surface area contributed by atoms with Gasteiger partial charge in [0, 0.05) is 37.5 Å². The molecule has 0 saturated carbocycles. The highest BCUT2D eigenvalue weighted by Gasteiger charge is 2.22. The molecule has 0 N–H and O–H groups in total. The molecule has 0 aromatic heterocycles. The van der Waals surface area contributed by atoms with E-state index in [0.717, 1.165) is 25.2 Å². The summed E-state index contributed by atoms with van der Waals surface area (Å²) >= 11 is 5.58. The first kappa shape index (κ1) is 10.7. The second kappa shape index (κ2) is 4.77. The number of carbonyl (C=O) groups is 1. The van der Waals surface area contributed by atoms with Gasteiger partial charge in [0.2, 0.25) is 0 Å². The van der Waals surface area contributed by atoms with Crippen LogP contribution in [0.2, 0.25) is 0 Å². The number of piperidine rings is 1. The van der Waals surface area contributed by atoms with E-state index in [1.54, 1.807) is 5.54 Å². The minimum Gasteiger partial charge on any atom is -0.299 e. The van der Waals surface area contributed by atoms with Gasteiger partial charge in [-0.25, -0.2) is 0 Å². The number of carbonyl (C=O) groups excluding carboxylic acids is 1. The first-order valence-electron chi connectivity index (χ1n) is 4.64. The third kappa shape index (κ3) is 3.12. The van der Waals surface area contributed by atoms with Crippen LogP contribution in [0.1, 0.15) is 20.3 Å². The summed E-state index contributed by atoms with van der Waals surface area (Å²) in [6, 6.07) is 0. The van der Waals surface area contributed by atoms with Gasteiger partial charge in [-0.05, 0) is 12.5 Å². The molecule has 13 heavy (non-hydrogen) atoms. The van der Waals surface area contributed by atoms with Crippen LogP contribution in [-0.2, 0) is 4.79 Å². The molecule has 0 aromatic carbocycles. The summed E-state index contributed by atoms with van der Waals surface area (Å²) in [5, 5.41) is 0. The molecular formula is C10H16ClNO. The van der Waals surface area contributed by atoms with Crippen molar-refractivity contribution in [2.45, 2.75) is 20.3 Å². The second-order valence-electron chi connectivity index (χ2n) is 3.81. The van der Waals surface area contributed by atoms with Crippen LogP contribution in [0.4, 0.5) is 0 Å². The van der Waals surface area contributed by atoms with Crippen LogP contribution < -0.4 is 0 Å². The fourth-order valence-electron chi connectivity index (χ4n) is 1.63. The molecule has 0 radical (unpaired) electrons. The lowest BCUT2D eigenvalue weighted by Gasteiger charge is -2.29. The minimum atomic E-state index is 0.192. The predicted octanol–water partition coefficient (Wildman–Crippen LogP) is 2.04. The topological polar surface area (TPSA) is 20.3 Å². The maximum absolute atomic E-state index is 11.2. The molecule has 74 valence electrons. The Bertz CT molecular complexity index is 225. The molecule has 1 rings (SSSR count). The second-order valence-corrected chi connectivity index (χ2v) is 4.03. The molecule has 1 aliphatic heterocycles. The molecule has 2 nitrogen and oxygen atoms in total. The van der Waals surface area contributed by atoms with Gasteiger partial charge in [0.25, 0.3) is 0 Å². The van der Waals surface area contributed by atoms with Crippen molar-refractivity contribution in [3.8, 4) is 0 Å². The number of likely N-dealkylation sites (tertiary alicyclic amines) is 1. The van der Waals surface area contributed by atoms with E-state index < -0.39 is 0 Å². The molecule has 0 aliphatic carbocycles. The fraction of sp³-hybridized carbons (Fsp3) is 0.700. The number of ketones is 1. The van der Waals surface area contributed by atoms with Crippen molar-refractivity contribution in [2.24, 2.45) is 5.92 Å². The van der Waals surface area contributed by atoms with Crippen molar-refractivity contribution in [1.82, 2.24) is 4.90 Å². The number of hydrogen-bond donors (Lipinski definition) is 0. The molecule has 1 heterocycles. The van der Waals surface area contributed by atoms with Gasteiger partial charge in [0.15, 0.2) is 0 Å². The Morgan fingerprint density at radius 2 is 2.46 bits per heavy atom. The Morgan fingerprint density at radius 3 is 3.00 bits per heavy atom. The summed E-state index contributed by atoms with van der Waals surface area (Å²) in [5.74, 6) is 0.584. The van der Waals surface area contributed by atoms with Crippen molar-refractivity contribution in [2.75, 3.05) is 19.6 Å². The molecule has 1 atom stereocenters. The van der Waals surface area contributed by atoms with E-state index in [2.05, 4.69) is 4.90 Å². The molecule has 1 fully saturated rings. The highest BCUT2D eigenvalue weighted by molar-refractivity contribution is 6.25. The molecule has 1 saturated heterocycles. The average Bonchev–Trinajstić information content (AvgIpc) is 2.11. The highest BCUT2D eigenvalue weighted by atomic mass is 35.5. The van der Waals surface area contributed by atoms with Gasteiger partial charge < -0.3 is 0 Å². The van der Waals surface area contributed by atoms with E-state index in [4.69, 9.17) is 11.6 Å². The molecule has 0 amide bonds. The first-order chi connectivity index (χ1) is 6.13. The van der Waals surface area contributed by atoms with E-state index >= 15 is 0 Å². The lowest BCUT2D eigenvalue weighted by atomic mass is 9.98. The summed E-state index contributed by atoms with van der Waals surface area (Å²) in [4.78, 5) is 13.5. The van der Waals surface area contributed by atoms with Crippen molar-refractivity contribution < 1.29 is 4.79 Å². The van der Waals surface area contributed by atoms with Crippen LogP contribution in [0.15, 0.2) is 11.1 Å². The molecular weight excluding hydrogens is 186 g/mol. The van der Waals surface area contributed by atoms with Crippen LogP contribution >= 0.6 is 11.6 Å². The Kier molecular flexibility index (Phi) is 3.94. The van der Waals surface area contributed by atoms with E-state index in [1.807, 2.05) is 13.8 Å². The van der Waals surface area contributed by atoms with Crippen LogP contribution in [0, 0.1) is 5.92 Å². The number of Topliss-reactive ketones (excluding diaryl/α,β-unsaturated/α-hetero) is 1. The van der Waals surface area contributed by atoms with Crippen molar-refractivity contribution in [3.05, 3.63) is 11.1 Å². The molecule has 3 heteroatoms. The fourth-order valence-corrected chi connectivity index (χ4v) is 1.69. The number of nitrogens with zero attached hydrogens (tertiary/aromatic N) is 1. The third-order valence-electron chi connectivity index (χ3n) is 2.42. The quantitative estimate of drug-likeness (QED) is 0.682. The molecule has 1 aliphatic rings. The maximum Gasteiger partial charge on any atom is 0.138 e. The van der Waals surface area contributed by atoms with Gasteiger partial charge >= 0.3 is 0 Å². The molecule has 1 unspecified atom stereocenters. The number of rotatable bonds is 2. The zero-order valence-corrected chi connectivity index (χ0v) is 8.97. The summed E-state index contributed by atoms with van der Waals surface area (Å²) in [6.45, 7) is 6.65. The van der Waals surface area contributed by atoms with Crippen molar-refractivity contribution in [1.29, 1.82) is 0 Å². The monoisotopic (exact) mass is 201 g/mol. The van der Waals surface area contributed by atoms with Crippen LogP contribution in [0.25, 0.3) is 0 Å². The van der Waals surface area contributed by atoms with Gasteiger partial charge in [0.1, 0.15) is 5.78 Å². The smallest absolute Gasteiger partial charge is 0.138 e. The van der Waals surface area contributed by atoms with E-state index in [9.17, 15) is 4.79 Å². The molecule has 0 bridgehead atoms. The summed E-state index contributed by atoms with van der Waals surface area (Å²) in [6.07, 6.45) is 0.691. The van der Waals surface area contributed by atoms with Crippen LogP contribution in [-0.4, -0.2) is 30.3 Å². The third-order valence-corrected chi connectivity index (χ3v) is 2.79. The summed E-state index contributed by atoms with van der Waals surface area (Å²) < 4.78 is 0. The summed E-state index contributed by atoms with van der Waals surface area (Å²) in [7, 11) is 0. The minimum absolute atomic E-state index is 0.192.